The molecule has 2 spiro atoms. The minimum absolute atomic E-state index is 0.0576. The minimum atomic E-state index is -1.04. The van der Waals surface area contributed by atoms with Crippen LogP contribution in [0.15, 0.2) is 36.1 Å². The first-order valence-corrected chi connectivity index (χ1v) is 20.9. The van der Waals surface area contributed by atoms with Gasteiger partial charge < -0.3 is 25.4 Å². The number of fused-ring (bicyclic) bond motifs is 7. The molecule has 0 unspecified atom stereocenters. The number of hydrogen-bond acceptors (Lipinski definition) is 7. The van der Waals surface area contributed by atoms with E-state index < -0.39 is 11.7 Å². The van der Waals surface area contributed by atoms with Crippen molar-refractivity contribution in [1.82, 2.24) is 0 Å². The zero-order valence-electron chi connectivity index (χ0n) is 28.0. The summed E-state index contributed by atoms with van der Waals surface area (Å²) in [5.41, 5.74) is 1.33. The van der Waals surface area contributed by atoms with Gasteiger partial charge in [-0.1, -0.05) is 66.8 Å². The maximum absolute atomic E-state index is 12.9. The van der Waals surface area contributed by atoms with Crippen molar-refractivity contribution in [2.45, 2.75) is 138 Å². The van der Waals surface area contributed by atoms with E-state index in [1.807, 2.05) is 6.08 Å². The van der Waals surface area contributed by atoms with Crippen molar-refractivity contribution in [3.63, 3.8) is 0 Å². The molecule has 46 heavy (non-hydrogen) atoms. The third kappa shape index (κ3) is 3.79. The highest BCUT2D eigenvalue weighted by molar-refractivity contribution is 8.77. The van der Waals surface area contributed by atoms with Crippen LogP contribution in [0, 0.1) is 45.8 Å². The number of nitrogens with one attached hydrogen (secondary N) is 1. The zero-order valence-corrected chi connectivity index (χ0v) is 29.7. The van der Waals surface area contributed by atoms with Crippen molar-refractivity contribution in [3.8, 4) is 0 Å². The molecule has 5 nitrogen and oxygen atoms in total. The Morgan fingerprint density at radius 3 is 2.59 bits per heavy atom. The molecule has 0 amide bonds. The summed E-state index contributed by atoms with van der Waals surface area (Å²) >= 11 is 0. The maximum atomic E-state index is 12.9. The number of benzene rings is 1. The van der Waals surface area contributed by atoms with Gasteiger partial charge in [0.05, 0.1) is 23.8 Å². The van der Waals surface area contributed by atoms with Crippen LogP contribution in [0.5, 0.6) is 0 Å². The third-order valence-electron chi connectivity index (χ3n) is 16.4. The van der Waals surface area contributed by atoms with Crippen molar-refractivity contribution < 1.29 is 20.1 Å². The standard InChI is InChI=1S/C39H55NO4S2/c1-35-25-13-16-37(36(35,2)27(19-25)33-30(42)20-32(44-3)39(33,35)43)21-24-17-23-9-7-10-26(18-23)40-34-29(41)11-8-12-31(34)45-46-38(28(24)22-37)14-5-4-6-15-38/h7,9-10,18,20,24-25,27-29,31-34,40-43H,4-6,8,11-17,19,21-22H2,1-3H3/t24-,25+,27-,28+,29+,31-,32+,33-,34-,35-,36-,37-,39+/m0/s1. The van der Waals surface area contributed by atoms with Gasteiger partial charge in [0.2, 0.25) is 0 Å². The smallest absolute Gasteiger partial charge is 0.111 e. The lowest BCUT2D eigenvalue weighted by molar-refractivity contribution is -0.218. The van der Waals surface area contributed by atoms with Gasteiger partial charge in [-0.2, -0.15) is 0 Å². The predicted molar refractivity (Wildman–Crippen MR) is 188 cm³/mol. The van der Waals surface area contributed by atoms with Crippen molar-refractivity contribution in [3.05, 3.63) is 41.7 Å². The number of hydrogen-bond donors (Lipinski definition) is 4. The summed E-state index contributed by atoms with van der Waals surface area (Å²) < 4.78 is 6.25. The molecular weight excluding hydrogens is 611 g/mol. The van der Waals surface area contributed by atoms with Crippen LogP contribution in [-0.2, 0) is 11.2 Å². The molecular formula is C39H55NO4S2. The second-order valence-electron chi connectivity index (χ2n) is 17.5. The minimum Gasteiger partial charge on any atom is -0.512 e. The quantitative estimate of drug-likeness (QED) is 0.225. The molecule has 0 aromatic heterocycles. The van der Waals surface area contributed by atoms with Crippen LogP contribution in [0.4, 0.5) is 5.69 Å². The predicted octanol–water partition coefficient (Wildman–Crippen LogP) is 8.31. The van der Waals surface area contributed by atoms with Gasteiger partial charge in [0.25, 0.3) is 0 Å². The van der Waals surface area contributed by atoms with E-state index in [9.17, 15) is 15.3 Å². The summed E-state index contributed by atoms with van der Waals surface area (Å²) in [6, 6.07) is 9.26. The number of anilines is 1. The molecule has 9 rings (SSSR count). The average Bonchev–Trinajstić information content (AvgIpc) is 3.65. The Labute approximate surface area is 283 Å². The zero-order chi connectivity index (χ0) is 31.7. The first kappa shape index (κ1) is 31.1. The number of aliphatic hydroxyl groups excluding tert-OH is 2. The monoisotopic (exact) mass is 665 g/mol. The maximum Gasteiger partial charge on any atom is 0.111 e. The average molecular weight is 666 g/mol. The lowest BCUT2D eigenvalue weighted by Crippen LogP contribution is -2.64. The Bertz CT molecular complexity index is 1410. The molecule has 0 radical (unpaired) electrons. The van der Waals surface area contributed by atoms with E-state index in [1.54, 1.807) is 7.11 Å². The van der Waals surface area contributed by atoms with Crippen molar-refractivity contribution in [2.75, 3.05) is 12.4 Å². The Balaban J connectivity index is 1.16. The summed E-state index contributed by atoms with van der Waals surface area (Å²) in [5, 5.41) is 39.8. The number of methoxy groups -OCH3 is 1. The van der Waals surface area contributed by atoms with Crippen molar-refractivity contribution in [2.24, 2.45) is 45.8 Å². The molecule has 1 aromatic carbocycles. The Kier molecular flexibility index (Phi) is 7.16. The van der Waals surface area contributed by atoms with Gasteiger partial charge >= 0.3 is 0 Å². The third-order valence-corrected chi connectivity index (χ3v) is 20.3. The molecule has 7 aliphatic carbocycles. The summed E-state index contributed by atoms with van der Waals surface area (Å²) in [6.45, 7) is 5.00. The number of ether oxygens (including phenoxy) is 1. The molecule has 1 aromatic rings. The van der Waals surface area contributed by atoms with E-state index in [1.165, 1.54) is 63.4 Å². The highest BCUT2D eigenvalue weighted by Gasteiger charge is 2.87. The van der Waals surface area contributed by atoms with Crippen LogP contribution in [0.2, 0.25) is 0 Å². The SMILES string of the molecule is CO[C@@H]1C=C(O)[C@@H]2[C@@H]3C[C@H]4CC[C@@]5(C[C@@H]6Cc7cccc(c7)N[C@H]7[C@H](O)CCC[C@@H]7SSC7(CCCCC7)[C@@H]6C5)[C@]3(C)[C@@]4(C)[C@]21O. The Hall–Kier alpha value is -0.860. The Morgan fingerprint density at radius 2 is 1.78 bits per heavy atom. The largest absolute Gasteiger partial charge is 0.512 e. The fraction of sp³-hybridized carbons (Fsp3) is 0.795. The topological polar surface area (TPSA) is 82.0 Å². The van der Waals surface area contributed by atoms with E-state index in [-0.39, 0.29) is 45.0 Å². The van der Waals surface area contributed by atoms with Crippen LogP contribution < -0.4 is 5.32 Å². The molecule has 8 aliphatic rings. The van der Waals surface area contributed by atoms with Gasteiger partial charge in [-0.25, -0.2) is 0 Å². The second kappa shape index (κ2) is 10.6. The molecule has 7 heteroatoms. The van der Waals surface area contributed by atoms with Crippen molar-refractivity contribution >= 4 is 27.3 Å². The van der Waals surface area contributed by atoms with Gasteiger partial charge in [0.1, 0.15) is 11.7 Å². The molecule has 1 heterocycles. The number of rotatable bonds is 1. The van der Waals surface area contributed by atoms with Gasteiger partial charge in [0.15, 0.2) is 0 Å². The van der Waals surface area contributed by atoms with Gasteiger partial charge in [-0.3, -0.25) is 0 Å². The number of aliphatic hydroxyl groups is 3. The van der Waals surface area contributed by atoms with Gasteiger partial charge in [-0.05, 0) is 129 Å². The molecule has 6 bridgehead atoms. The van der Waals surface area contributed by atoms with E-state index in [0.717, 1.165) is 37.8 Å². The molecule has 252 valence electrons. The molecule has 4 N–H and O–H groups in total. The summed E-state index contributed by atoms with van der Waals surface area (Å²) in [6.07, 6.45) is 18.0. The molecule has 1 aliphatic heterocycles. The van der Waals surface area contributed by atoms with Crippen LogP contribution in [0.1, 0.15) is 103 Å². The lowest BCUT2D eigenvalue weighted by atomic mass is 9.44. The first-order valence-electron chi connectivity index (χ1n) is 18.6. The van der Waals surface area contributed by atoms with Gasteiger partial charge in [0, 0.05) is 28.2 Å². The lowest BCUT2D eigenvalue weighted by Gasteiger charge is -2.62. The van der Waals surface area contributed by atoms with E-state index >= 15 is 0 Å². The molecule has 13 atom stereocenters. The van der Waals surface area contributed by atoms with Crippen molar-refractivity contribution in [1.29, 1.82) is 0 Å². The highest BCUT2D eigenvalue weighted by atomic mass is 33.1. The molecule has 6 fully saturated rings. The second-order valence-corrected chi connectivity index (χ2v) is 20.4. The van der Waals surface area contributed by atoms with Crippen LogP contribution in [-0.4, -0.2) is 56.3 Å². The fourth-order valence-electron chi connectivity index (χ4n) is 14.3. The van der Waals surface area contributed by atoms with Crippen LogP contribution in [0.3, 0.4) is 0 Å². The van der Waals surface area contributed by atoms with E-state index in [2.05, 4.69) is 65.0 Å². The molecule has 0 saturated heterocycles. The summed E-state index contributed by atoms with van der Waals surface area (Å²) in [4.78, 5) is 0. The molecule has 6 saturated carbocycles. The van der Waals surface area contributed by atoms with Crippen LogP contribution in [0.25, 0.3) is 0 Å². The Morgan fingerprint density at radius 1 is 0.957 bits per heavy atom. The first-order chi connectivity index (χ1) is 22.1. The normalized spacial score (nSPS) is 51.8. The van der Waals surface area contributed by atoms with Gasteiger partial charge in [-0.15, -0.1) is 0 Å². The van der Waals surface area contributed by atoms with E-state index in [0.29, 0.717) is 28.8 Å². The summed E-state index contributed by atoms with van der Waals surface area (Å²) in [7, 11) is 6.08. The highest BCUT2D eigenvalue weighted by Crippen LogP contribution is 2.87. The van der Waals surface area contributed by atoms with E-state index in [4.69, 9.17) is 4.74 Å². The fourth-order valence-corrected chi connectivity index (χ4v) is 18.6. The van der Waals surface area contributed by atoms with Crippen LogP contribution >= 0.6 is 21.6 Å². The summed E-state index contributed by atoms with van der Waals surface area (Å²) in [5.74, 6) is 2.16.